The molecule has 0 saturated carbocycles. The van der Waals surface area contributed by atoms with Gasteiger partial charge in [-0.3, -0.25) is 0 Å². The maximum Gasteiger partial charge on any atom is 0.179 e. The standard InChI is InChI=1S/C13H17ClFN3S.C2H6/c1-4-9(5-2)6-12-17-13-11(18(12)19-15)7-10(14)8(3)16-13;1-2/h7,9H,4-6H2,1-3H3;1-2H3. The Labute approximate surface area is 135 Å². The van der Waals surface area contributed by atoms with Gasteiger partial charge in [0.2, 0.25) is 0 Å². The second-order valence-electron chi connectivity index (χ2n) is 4.68. The summed E-state index contributed by atoms with van der Waals surface area (Å²) in [5, 5.41) is 0.539. The number of rotatable bonds is 5. The van der Waals surface area contributed by atoms with Crippen molar-refractivity contribution in [2.75, 3.05) is 0 Å². The second kappa shape index (κ2) is 8.59. The van der Waals surface area contributed by atoms with Crippen molar-refractivity contribution in [3.8, 4) is 0 Å². The van der Waals surface area contributed by atoms with Crippen LogP contribution in [0.3, 0.4) is 0 Å². The predicted octanol–water partition coefficient (Wildman–Crippen LogP) is 5.78. The molecule has 2 aromatic heterocycles. The number of fused-ring (bicyclic) bond motifs is 1. The first-order chi connectivity index (χ1) is 10.1. The molecule has 0 aliphatic carbocycles. The number of hydrogen-bond donors (Lipinski definition) is 0. The predicted molar refractivity (Wildman–Crippen MR) is 90.5 cm³/mol. The summed E-state index contributed by atoms with van der Waals surface area (Å²) in [6, 6.07) is 1.73. The fraction of sp³-hybridized carbons (Fsp3) is 0.600. The van der Waals surface area contributed by atoms with Crippen LogP contribution >= 0.6 is 23.9 Å². The molecule has 6 heteroatoms. The van der Waals surface area contributed by atoms with Gasteiger partial charge in [-0.2, -0.15) is 0 Å². The van der Waals surface area contributed by atoms with E-state index >= 15 is 0 Å². The zero-order chi connectivity index (χ0) is 16.0. The van der Waals surface area contributed by atoms with E-state index < -0.39 is 0 Å². The molecular formula is C15H23ClFN3S. The van der Waals surface area contributed by atoms with E-state index in [0.717, 1.165) is 30.8 Å². The van der Waals surface area contributed by atoms with E-state index in [1.54, 1.807) is 6.07 Å². The Morgan fingerprint density at radius 3 is 2.43 bits per heavy atom. The summed E-state index contributed by atoms with van der Waals surface area (Å²) in [5.74, 6) is 1.24. The molecule has 3 nitrogen and oxygen atoms in total. The first-order valence-corrected chi connectivity index (χ1v) is 8.49. The number of nitrogens with zero attached hydrogens (tertiary/aromatic N) is 3. The van der Waals surface area contributed by atoms with Crippen LogP contribution in [0.15, 0.2) is 6.07 Å². The van der Waals surface area contributed by atoms with Gasteiger partial charge in [0.05, 0.1) is 10.7 Å². The van der Waals surface area contributed by atoms with Crippen LogP contribution in [0.25, 0.3) is 11.2 Å². The maximum atomic E-state index is 13.2. The van der Waals surface area contributed by atoms with Gasteiger partial charge in [0.15, 0.2) is 18.0 Å². The lowest BCUT2D eigenvalue weighted by Crippen LogP contribution is -2.05. The number of imidazole rings is 1. The van der Waals surface area contributed by atoms with Crippen molar-refractivity contribution in [2.45, 2.75) is 53.9 Å². The van der Waals surface area contributed by atoms with Crippen molar-refractivity contribution in [3.05, 3.63) is 22.6 Å². The summed E-state index contributed by atoms with van der Waals surface area (Å²) < 4.78 is 14.7. The van der Waals surface area contributed by atoms with Crippen LogP contribution in [-0.4, -0.2) is 13.9 Å². The molecule has 0 amide bonds. The summed E-state index contributed by atoms with van der Waals surface area (Å²) in [7, 11) is 0. The Hall–Kier alpha value is -0.810. The summed E-state index contributed by atoms with van der Waals surface area (Å²) in [6.07, 6.45) is 2.88. The van der Waals surface area contributed by atoms with Crippen LogP contribution in [0.5, 0.6) is 0 Å². The molecule has 0 aliphatic heterocycles. The van der Waals surface area contributed by atoms with Crippen LogP contribution < -0.4 is 0 Å². The minimum atomic E-state index is 0.165. The number of aromatic nitrogens is 3. The number of hydrogen-bond acceptors (Lipinski definition) is 3. The van der Waals surface area contributed by atoms with Crippen molar-refractivity contribution in [1.82, 2.24) is 13.9 Å². The van der Waals surface area contributed by atoms with Gasteiger partial charge in [0, 0.05) is 6.42 Å². The molecule has 2 rings (SSSR count). The van der Waals surface area contributed by atoms with Gasteiger partial charge in [-0.05, 0) is 18.9 Å². The highest BCUT2D eigenvalue weighted by Gasteiger charge is 2.17. The highest BCUT2D eigenvalue weighted by molar-refractivity contribution is 7.92. The number of aryl methyl sites for hydroxylation is 1. The molecule has 0 fully saturated rings. The Balaban J connectivity index is 0.00000106. The quantitative estimate of drug-likeness (QED) is 0.695. The van der Waals surface area contributed by atoms with E-state index in [4.69, 9.17) is 11.6 Å². The topological polar surface area (TPSA) is 30.7 Å². The Morgan fingerprint density at radius 1 is 1.29 bits per heavy atom. The molecular weight excluding hydrogens is 309 g/mol. The molecule has 0 unspecified atom stereocenters. The van der Waals surface area contributed by atoms with Crippen LogP contribution in [0.2, 0.25) is 5.02 Å². The SMILES string of the molecule is CC.CCC(CC)Cc1nc2nc(C)c(Cl)cc2n1SF. The van der Waals surface area contributed by atoms with Crippen LogP contribution in [-0.2, 0) is 6.42 Å². The van der Waals surface area contributed by atoms with Crippen molar-refractivity contribution in [1.29, 1.82) is 0 Å². The Morgan fingerprint density at radius 2 is 1.90 bits per heavy atom. The molecule has 2 aromatic rings. The third kappa shape index (κ3) is 4.10. The lowest BCUT2D eigenvalue weighted by atomic mass is 9.99. The average molecular weight is 332 g/mol. The van der Waals surface area contributed by atoms with Gasteiger partial charge >= 0.3 is 0 Å². The second-order valence-corrected chi connectivity index (χ2v) is 5.59. The lowest BCUT2D eigenvalue weighted by molar-refractivity contribution is 0.479. The monoisotopic (exact) mass is 331 g/mol. The van der Waals surface area contributed by atoms with Crippen LogP contribution in [0, 0.1) is 12.8 Å². The minimum absolute atomic E-state index is 0.165. The van der Waals surface area contributed by atoms with Crippen LogP contribution in [0.1, 0.15) is 52.1 Å². The van der Waals surface area contributed by atoms with Gasteiger partial charge < -0.3 is 0 Å². The fourth-order valence-corrected chi connectivity index (χ4v) is 2.69. The van der Waals surface area contributed by atoms with E-state index in [1.165, 1.54) is 3.97 Å². The van der Waals surface area contributed by atoms with Crippen molar-refractivity contribution in [3.63, 3.8) is 0 Å². The molecule has 0 saturated heterocycles. The molecule has 2 heterocycles. The van der Waals surface area contributed by atoms with E-state index in [9.17, 15) is 3.89 Å². The molecule has 0 aromatic carbocycles. The zero-order valence-electron chi connectivity index (χ0n) is 13.3. The number of halogens is 2. The van der Waals surface area contributed by atoms with Gasteiger partial charge in [0.1, 0.15) is 11.3 Å². The van der Waals surface area contributed by atoms with E-state index in [0.29, 0.717) is 22.1 Å². The minimum Gasteiger partial charge on any atom is -0.240 e. The van der Waals surface area contributed by atoms with Gasteiger partial charge in [0.25, 0.3) is 0 Å². The average Bonchev–Trinajstić information content (AvgIpc) is 2.83. The van der Waals surface area contributed by atoms with Crippen molar-refractivity contribution < 1.29 is 3.89 Å². The molecule has 21 heavy (non-hydrogen) atoms. The van der Waals surface area contributed by atoms with E-state index in [2.05, 4.69) is 23.8 Å². The summed E-state index contributed by atoms with van der Waals surface area (Å²) >= 11 is 6.22. The van der Waals surface area contributed by atoms with E-state index in [-0.39, 0.29) is 12.3 Å². The van der Waals surface area contributed by atoms with E-state index in [1.807, 2.05) is 20.8 Å². The molecule has 0 aliphatic rings. The summed E-state index contributed by atoms with van der Waals surface area (Å²) in [5.41, 5.74) is 1.92. The van der Waals surface area contributed by atoms with Crippen LogP contribution in [0.4, 0.5) is 3.89 Å². The maximum absolute atomic E-state index is 13.2. The van der Waals surface area contributed by atoms with Gasteiger partial charge in [-0.25, -0.2) is 13.9 Å². The highest BCUT2D eigenvalue weighted by Crippen LogP contribution is 2.27. The zero-order valence-corrected chi connectivity index (χ0v) is 14.9. The van der Waals surface area contributed by atoms with Gasteiger partial charge in [-0.15, -0.1) is 3.89 Å². The molecule has 0 radical (unpaired) electrons. The molecule has 0 N–H and O–H groups in total. The third-order valence-electron chi connectivity index (χ3n) is 3.49. The molecule has 0 atom stereocenters. The molecule has 0 bridgehead atoms. The lowest BCUT2D eigenvalue weighted by Gasteiger charge is -2.11. The van der Waals surface area contributed by atoms with Crippen molar-refractivity contribution in [2.24, 2.45) is 5.92 Å². The largest absolute Gasteiger partial charge is 0.240 e. The molecule has 118 valence electrons. The fourth-order valence-electron chi connectivity index (χ4n) is 2.14. The highest BCUT2D eigenvalue weighted by atomic mass is 35.5. The number of pyridine rings is 1. The smallest absolute Gasteiger partial charge is 0.179 e. The normalized spacial score (nSPS) is 10.9. The first kappa shape index (κ1) is 18.2. The molecule has 0 spiro atoms. The Kier molecular flexibility index (Phi) is 7.46. The summed E-state index contributed by atoms with van der Waals surface area (Å²) in [4.78, 5) is 8.77. The van der Waals surface area contributed by atoms with Crippen molar-refractivity contribution >= 4 is 35.1 Å². The Bertz CT molecular complexity index is 582. The third-order valence-corrected chi connectivity index (χ3v) is 4.42. The van der Waals surface area contributed by atoms with Gasteiger partial charge in [-0.1, -0.05) is 52.1 Å². The first-order valence-electron chi connectivity index (χ1n) is 7.44. The summed E-state index contributed by atoms with van der Waals surface area (Å²) in [6.45, 7) is 10.1.